The molecule has 0 aromatic heterocycles. The van der Waals surface area contributed by atoms with Gasteiger partial charge in [-0.3, -0.25) is 4.79 Å². The second-order valence-corrected chi connectivity index (χ2v) is 4.42. The lowest BCUT2D eigenvalue weighted by atomic mass is 10.2. The van der Waals surface area contributed by atoms with Crippen LogP contribution in [0.1, 0.15) is 0 Å². The van der Waals surface area contributed by atoms with E-state index in [-0.39, 0.29) is 5.91 Å². The molecule has 1 atom stereocenters. The van der Waals surface area contributed by atoms with E-state index in [1.807, 2.05) is 29.2 Å². The summed E-state index contributed by atoms with van der Waals surface area (Å²) < 4.78 is 11.0. The lowest BCUT2D eigenvalue weighted by Gasteiger charge is -2.33. The van der Waals surface area contributed by atoms with Gasteiger partial charge >= 0.3 is 0 Å². The predicted octanol–water partition coefficient (Wildman–Crippen LogP) is 0.718. The quantitative estimate of drug-likeness (QED) is 0.795. The maximum absolute atomic E-state index is 12.3. The Hall–Kier alpha value is -1.75. The average molecular weight is 248 g/mol. The Balaban J connectivity index is 1.69. The normalized spacial score (nSPS) is 22.7. The zero-order valence-corrected chi connectivity index (χ0v) is 10.1. The third-order valence-corrected chi connectivity index (χ3v) is 3.23. The molecule has 1 aromatic carbocycles. The highest BCUT2D eigenvalue weighted by atomic mass is 16.5. The van der Waals surface area contributed by atoms with E-state index in [0.29, 0.717) is 32.8 Å². The summed E-state index contributed by atoms with van der Waals surface area (Å²) in [6.45, 7) is 3.05. The number of morpholine rings is 1. The molecule has 96 valence electrons. The number of ether oxygens (including phenoxy) is 2. The topological polar surface area (TPSA) is 50.8 Å². The van der Waals surface area contributed by atoms with E-state index in [9.17, 15) is 4.79 Å². The molecule has 2 aliphatic rings. The fraction of sp³-hybridized carbons (Fsp3) is 0.462. The van der Waals surface area contributed by atoms with Gasteiger partial charge in [0.25, 0.3) is 5.91 Å². The number of fused-ring (bicyclic) bond motifs is 1. The van der Waals surface area contributed by atoms with Crippen LogP contribution in [0.5, 0.6) is 5.75 Å². The van der Waals surface area contributed by atoms with Gasteiger partial charge in [-0.1, -0.05) is 12.1 Å². The molecule has 5 heteroatoms. The van der Waals surface area contributed by atoms with Gasteiger partial charge in [-0.25, -0.2) is 0 Å². The van der Waals surface area contributed by atoms with Gasteiger partial charge < -0.3 is 19.7 Å². The second kappa shape index (κ2) is 4.86. The number of hydrogen-bond acceptors (Lipinski definition) is 4. The number of rotatable bonds is 1. The van der Waals surface area contributed by atoms with Crippen molar-refractivity contribution in [1.82, 2.24) is 4.90 Å². The molecule has 0 spiro atoms. The molecule has 1 N–H and O–H groups in total. The van der Waals surface area contributed by atoms with Crippen LogP contribution >= 0.6 is 0 Å². The third kappa shape index (κ3) is 2.13. The van der Waals surface area contributed by atoms with Crippen molar-refractivity contribution in [2.24, 2.45) is 0 Å². The number of amides is 1. The molecule has 0 unspecified atom stereocenters. The monoisotopic (exact) mass is 248 g/mol. The Kier molecular flexibility index (Phi) is 3.06. The molecule has 1 amide bonds. The number of carbonyl (C=O) groups excluding carboxylic acids is 1. The zero-order chi connectivity index (χ0) is 12.4. The molecular weight excluding hydrogens is 232 g/mol. The van der Waals surface area contributed by atoms with Crippen LogP contribution in [0.3, 0.4) is 0 Å². The Labute approximate surface area is 106 Å². The summed E-state index contributed by atoms with van der Waals surface area (Å²) in [6.07, 6.45) is -0.432. The van der Waals surface area contributed by atoms with Gasteiger partial charge in [0.1, 0.15) is 5.75 Å². The van der Waals surface area contributed by atoms with Crippen LogP contribution in [0, 0.1) is 0 Å². The number of anilines is 1. The summed E-state index contributed by atoms with van der Waals surface area (Å²) in [5, 5.41) is 3.23. The molecule has 2 aliphatic heterocycles. The van der Waals surface area contributed by atoms with E-state index < -0.39 is 6.10 Å². The summed E-state index contributed by atoms with van der Waals surface area (Å²) in [5.74, 6) is 0.788. The second-order valence-electron chi connectivity index (χ2n) is 4.42. The minimum Gasteiger partial charge on any atom is -0.477 e. The Morgan fingerprint density at radius 1 is 1.28 bits per heavy atom. The fourth-order valence-electron chi connectivity index (χ4n) is 2.24. The predicted molar refractivity (Wildman–Crippen MR) is 66.7 cm³/mol. The molecule has 1 fully saturated rings. The van der Waals surface area contributed by atoms with Gasteiger partial charge in [-0.2, -0.15) is 0 Å². The van der Waals surface area contributed by atoms with Crippen LogP contribution in [0.15, 0.2) is 24.3 Å². The SMILES string of the molecule is O=C([C@@H]1CNc2ccccc2O1)N1CCOCC1. The third-order valence-electron chi connectivity index (χ3n) is 3.23. The highest BCUT2D eigenvalue weighted by Gasteiger charge is 2.30. The highest BCUT2D eigenvalue weighted by molar-refractivity contribution is 5.83. The minimum absolute atomic E-state index is 0.0419. The maximum atomic E-state index is 12.3. The average Bonchev–Trinajstić information content (AvgIpc) is 2.47. The van der Waals surface area contributed by atoms with Gasteiger partial charge in [0.2, 0.25) is 0 Å². The highest BCUT2D eigenvalue weighted by Crippen LogP contribution is 2.28. The van der Waals surface area contributed by atoms with E-state index in [2.05, 4.69) is 5.32 Å². The number of nitrogens with zero attached hydrogens (tertiary/aromatic N) is 1. The first-order valence-corrected chi connectivity index (χ1v) is 6.21. The summed E-state index contributed by atoms with van der Waals surface area (Å²) in [7, 11) is 0. The van der Waals surface area contributed by atoms with E-state index in [4.69, 9.17) is 9.47 Å². The molecule has 18 heavy (non-hydrogen) atoms. The van der Waals surface area contributed by atoms with Crippen molar-refractivity contribution in [3.05, 3.63) is 24.3 Å². The van der Waals surface area contributed by atoms with Crippen LogP contribution in [-0.2, 0) is 9.53 Å². The lowest BCUT2D eigenvalue weighted by Crippen LogP contribution is -2.50. The van der Waals surface area contributed by atoms with Crippen LogP contribution in [-0.4, -0.2) is 49.8 Å². The van der Waals surface area contributed by atoms with Crippen molar-refractivity contribution >= 4 is 11.6 Å². The Bertz CT molecular complexity index is 444. The zero-order valence-electron chi connectivity index (χ0n) is 10.1. The summed E-state index contributed by atoms with van der Waals surface area (Å²) in [5.41, 5.74) is 0.948. The Morgan fingerprint density at radius 2 is 2.06 bits per heavy atom. The van der Waals surface area contributed by atoms with Crippen molar-refractivity contribution in [1.29, 1.82) is 0 Å². The molecule has 0 radical (unpaired) electrons. The fourth-order valence-corrected chi connectivity index (χ4v) is 2.24. The minimum atomic E-state index is -0.432. The first kappa shape index (κ1) is 11.3. The van der Waals surface area contributed by atoms with Gasteiger partial charge in [-0.15, -0.1) is 0 Å². The van der Waals surface area contributed by atoms with Crippen LogP contribution in [0.2, 0.25) is 0 Å². The molecule has 1 saturated heterocycles. The van der Waals surface area contributed by atoms with Gasteiger partial charge in [0.15, 0.2) is 6.10 Å². The van der Waals surface area contributed by atoms with E-state index in [1.54, 1.807) is 0 Å². The van der Waals surface area contributed by atoms with Crippen molar-refractivity contribution in [3.63, 3.8) is 0 Å². The van der Waals surface area contributed by atoms with Crippen LogP contribution < -0.4 is 10.1 Å². The van der Waals surface area contributed by atoms with Crippen molar-refractivity contribution < 1.29 is 14.3 Å². The number of carbonyl (C=O) groups is 1. The van der Waals surface area contributed by atoms with Gasteiger partial charge in [0, 0.05) is 13.1 Å². The van der Waals surface area contributed by atoms with Crippen molar-refractivity contribution in [2.75, 3.05) is 38.2 Å². The Morgan fingerprint density at radius 3 is 2.89 bits per heavy atom. The van der Waals surface area contributed by atoms with Gasteiger partial charge in [0.05, 0.1) is 25.4 Å². The molecule has 0 saturated carbocycles. The maximum Gasteiger partial charge on any atom is 0.265 e. The van der Waals surface area contributed by atoms with Crippen LogP contribution in [0.25, 0.3) is 0 Å². The van der Waals surface area contributed by atoms with Crippen molar-refractivity contribution in [3.8, 4) is 5.75 Å². The first-order valence-electron chi connectivity index (χ1n) is 6.21. The molecular formula is C13H16N2O3. The number of hydrogen-bond donors (Lipinski definition) is 1. The molecule has 5 nitrogen and oxygen atoms in total. The summed E-state index contributed by atoms with van der Waals surface area (Å²) in [6, 6.07) is 7.67. The molecule has 3 rings (SSSR count). The molecule has 1 aromatic rings. The standard InChI is InChI=1S/C13H16N2O3/c16-13(15-5-7-17-8-6-15)12-9-14-10-3-1-2-4-11(10)18-12/h1-4,12,14H,5-9H2/t12-/m0/s1. The largest absolute Gasteiger partial charge is 0.477 e. The first-order chi connectivity index (χ1) is 8.84. The van der Waals surface area contributed by atoms with E-state index in [1.165, 1.54) is 0 Å². The van der Waals surface area contributed by atoms with Crippen molar-refractivity contribution in [2.45, 2.75) is 6.10 Å². The molecule has 2 heterocycles. The molecule has 0 bridgehead atoms. The number of para-hydroxylation sites is 2. The smallest absolute Gasteiger partial charge is 0.265 e. The summed E-state index contributed by atoms with van der Waals surface area (Å²) in [4.78, 5) is 14.1. The molecule has 0 aliphatic carbocycles. The lowest BCUT2D eigenvalue weighted by molar-refractivity contribution is -0.142. The van der Waals surface area contributed by atoms with E-state index in [0.717, 1.165) is 11.4 Å². The van der Waals surface area contributed by atoms with E-state index >= 15 is 0 Å². The van der Waals surface area contributed by atoms with Gasteiger partial charge in [-0.05, 0) is 12.1 Å². The summed E-state index contributed by atoms with van der Waals surface area (Å²) >= 11 is 0. The number of benzene rings is 1. The number of nitrogens with one attached hydrogen (secondary N) is 1. The van der Waals surface area contributed by atoms with Crippen LogP contribution in [0.4, 0.5) is 5.69 Å².